The van der Waals surface area contributed by atoms with Gasteiger partial charge in [-0.1, -0.05) is 0 Å². The molecule has 1 amide bonds. The molecule has 0 bridgehead atoms. The second kappa shape index (κ2) is 5.20. The molecule has 98 valence electrons. The van der Waals surface area contributed by atoms with Crippen LogP contribution in [0.15, 0.2) is 6.07 Å². The van der Waals surface area contributed by atoms with E-state index >= 15 is 0 Å². The molecule has 1 aromatic heterocycles. The SMILES string of the molecule is CCNc1cc(N(C)CC(N)=O)nc(C2CC2)n1. The van der Waals surface area contributed by atoms with Gasteiger partial charge in [0.2, 0.25) is 5.91 Å². The number of hydrogen-bond acceptors (Lipinski definition) is 5. The first-order valence-corrected chi connectivity index (χ1v) is 6.22. The summed E-state index contributed by atoms with van der Waals surface area (Å²) in [7, 11) is 1.81. The summed E-state index contributed by atoms with van der Waals surface area (Å²) in [6.45, 7) is 2.98. The number of rotatable bonds is 6. The first kappa shape index (κ1) is 12.6. The van der Waals surface area contributed by atoms with Gasteiger partial charge in [-0.15, -0.1) is 0 Å². The van der Waals surface area contributed by atoms with Crippen LogP contribution in [0.3, 0.4) is 0 Å². The Labute approximate surface area is 107 Å². The van der Waals surface area contributed by atoms with Crippen LogP contribution < -0.4 is 16.0 Å². The van der Waals surface area contributed by atoms with E-state index in [-0.39, 0.29) is 12.5 Å². The van der Waals surface area contributed by atoms with Gasteiger partial charge in [0.25, 0.3) is 0 Å². The predicted molar refractivity (Wildman–Crippen MR) is 70.6 cm³/mol. The molecule has 0 atom stereocenters. The molecule has 0 spiro atoms. The molecular weight excluding hydrogens is 230 g/mol. The van der Waals surface area contributed by atoms with Gasteiger partial charge in [-0.2, -0.15) is 0 Å². The van der Waals surface area contributed by atoms with Crippen LogP contribution in [0.2, 0.25) is 0 Å². The summed E-state index contributed by atoms with van der Waals surface area (Å²) in [6.07, 6.45) is 2.29. The summed E-state index contributed by atoms with van der Waals surface area (Å²) in [4.78, 5) is 21.7. The van der Waals surface area contributed by atoms with Crippen molar-refractivity contribution in [2.45, 2.75) is 25.7 Å². The summed E-state index contributed by atoms with van der Waals surface area (Å²) in [5.74, 6) is 2.51. The van der Waals surface area contributed by atoms with Gasteiger partial charge in [0, 0.05) is 25.6 Å². The molecule has 0 unspecified atom stereocenters. The van der Waals surface area contributed by atoms with Crippen molar-refractivity contribution in [3.63, 3.8) is 0 Å². The van der Waals surface area contributed by atoms with Crippen LogP contribution in [0.4, 0.5) is 11.6 Å². The molecule has 0 aromatic carbocycles. The molecule has 6 nitrogen and oxygen atoms in total. The van der Waals surface area contributed by atoms with Crippen molar-refractivity contribution in [3.8, 4) is 0 Å². The summed E-state index contributed by atoms with van der Waals surface area (Å²) in [6, 6.07) is 1.85. The van der Waals surface area contributed by atoms with E-state index in [4.69, 9.17) is 5.73 Å². The molecule has 18 heavy (non-hydrogen) atoms. The smallest absolute Gasteiger partial charge is 0.236 e. The third-order valence-corrected chi connectivity index (χ3v) is 2.81. The van der Waals surface area contributed by atoms with Gasteiger partial charge in [-0.05, 0) is 19.8 Å². The number of aromatic nitrogens is 2. The van der Waals surface area contributed by atoms with E-state index in [1.165, 1.54) is 0 Å². The van der Waals surface area contributed by atoms with Crippen molar-refractivity contribution in [1.29, 1.82) is 0 Å². The van der Waals surface area contributed by atoms with E-state index in [0.29, 0.717) is 5.92 Å². The molecule has 1 aromatic rings. The Hall–Kier alpha value is -1.85. The van der Waals surface area contributed by atoms with Crippen molar-refractivity contribution in [2.75, 3.05) is 30.4 Å². The first-order valence-electron chi connectivity index (χ1n) is 6.22. The van der Waals surface area contributed by atoms with E-state index < -0.39 is 0 Å². The van der Waals surface area contributed by atoms with Gasteiger partial charge in [0.05, 0.1) is 6.54 Å². The Bertz CT molecular complexity index is 444. The fourth-order valence-corrected chi connectivity index (χ4v) is 1.76. The Balaban J connectivity index is 2.24. The van der Waals surface area contributed by atoms with E-state index in [2.05, 4.69) is 15.3 Å². The van der Waals surface area contributed by atoms with Gasteiger partial charge in [0.1, 0.15) is 17.5 Å². The summed E-state index contributed by atoms with van der Waals surface area (Å²) in [5.41, 5.74) is 5.20. The van der Waals surface area contributed by atoms with Crippen molar-refractivity contribution in [3.05, 3.63) is 11.9 Å². The highest BCUT2D eigenvalue weighted by Crippen LogP contribution is 2.39. The maximum Gasteiger partial charge on any atom is 0.236 e. The second-order valence-corrected chi connectivity index (χ2v) is 4.60. The number of hydrogen-bond donors (Lipinski definition) is 2. The minimum atomic E-state index is -0.367. The number of anilines is 2. The average molecular weight is 249 g/mol. The molecular formula is C12H19N5O. The Morgan fingerprint density at radius 3 is 2.83 bits per heavy atom. The monoisotopic (exact) mass is 249 g/mol. The van der Waals surface area contributed by atoms with Crippen molar-refractivity contribution in [2.24, 2.45) is 5.73 Å². The van der Waals surface area contributed by atoms with Gasteiger partial charge >= 0.3 is 0 Å². The zero-order valence-corrected chi connectivity index (χ0v) is 10.8. The highest BCUT2D eigenvalue weighted by atomic mass is 16.1. The summed E-state index contributed by atoms with van der Waals surface area (Å²) in [5, 5.41) is 3.19. The third-order valence-electron chi connectivity index (χ3n) is 2.81. The van der Waals surface area contributed by atoms with Crippen molar-refractivity contribution < 1.29 is 4.79 Å². The number of carbonyl (C=O) groups is 1. The number of carbonyl (C=O) groups excluding carboxylic acids is 1. The number of nitrogens with one attached hydrogen (secondary N) is 1. The fourth-order valence-electron chi connectivity index (χ4n) is 1.76. The number of primary amides is 1. The van der Waals surface area contributed by atoms with Crippen LogP contribution in [0.5, 0.6) is 0 Å². The van der Waals surface area contributed by atoms with E-state index in [9.17, 15) is 4.79 Å². The zero-order chi connectivity index (χ0) is 13.1. The number of likely N-dealkylation sites (N-methyl/N-ethyl adjacent to an activating group) is 1. The number of amides is 1. The molecule has 1 fully saturated rings. The predicted octanol–water partition coefficient (Wildman–Crippen LogP) is 0.707. The molecule has 1 aliphatic rings. The zero-order valence-electron chi connectivity index (χ0n) is 10.8. The summed E-state index contributed by atoms with van der Waals surface area (Å²) >= 11 is 0. The Morgan fingerprint density at radius 1 is 1.56 bits per heavy atom. The van der Waals surface area contributed by atoms with Crippen LogP contribution in [0.1, 0.15) is 31.5 Å². The maximum atomic E-state index is 10.9. The lowest BCUT2D eigenvalue weighted by molar-refractivity contribution is -0.116. The highest BCUT2D eigenvalue weighted by Gasteiger charge is 2.27. The molecule has 0 aliphatic heterocycles. The minimum absolute atomic E-state index is 0.159. The molecule has 0 radical (unpaired) electrons. The number of nitrogens with zero attached hydrogens (tertiary/aromatic N) is 3. The minimum Gasteiger partial charge on any atom is -0.370 e. The lowest BCUT2D eigenvalue weighted by atomic mass is 10.3. The van der Waals surface area contributed by atoms with Crippen LogP contribution >= 0.6 is 0 Å². The molecule has 1 aliphatic carbocycles. The molecule has 6 heteroatoms. The van der Waals surface area contributed by atoms with Gasteiger partial charge < -0.3 is 16.0 Å². The Morgan fingerprint density at radius 2 is 2.28 bits per heavy atom. The quantitative estimate of drug-likeness (QED) is 0.775. The van der Waals surface area contributed by atoms with E-state index in [1.54, 1.807) is 11.9 Å². The topological polar surface area (TPSA) is 84.1 Å². The second-order valence-electron chi connectivity index (χ2n) is 4.60. The molecule has 1 saturated carbocycles. The largest absolute Gasteiger partial charge is 0.370 e. The average Bonchev–Trinajstić information content (AvgIpc) is 3.12. The normalized spacial score (nSPS) is 14.3. The van der Waals surface area contributed by atoms with Crippen LogP contribution in [-0.4, -0.2) is 36.0 Å². The number of nitrogens with two attached hydrogens (primary N) is 1. The third kappa shape index (κ3) is 3.09. The lowest BCUT2D eigenvalue weighted by Gasteiger charge is -2.18. The first-order chi connectivity index (χ1) is 8.60. The van der Waals surface area contributed by atoms with Crippen molar-refractivity contribution in [1.82, 2.24) is 9.97 Å². The molecule has 0 saturated heterocycles. The lowest BCUT2D eigenvalue weighted by Crippen LogP contribution is -2.31. The van der Waals surface area contributed by atoms with Crippen LogP contribution in [0, 0.1) is 0 Å². The summed E-state index contributed by atoms with van der Waals surface area (Å²) < 4.78 is 0. The van der Waals surface area contributed by atoms with Crippen molar-refractivity contribution >= 4 is 17.5 Å². The van der Waals surface area contributed by atoms with Gasteiger partial charge in [-0.3, -0.25) is 4.79 Å². The van der Waals surface area contributed by atoms with Crippen LogP contribution in [0.25, 0.3) is 0 Å². The van der Waals surface area contributed by atoms with Gasteiger partial charge in [0.15, 0.2) is 0 Å². The van der Waals surface area contributed by atoms with E-state index in [0.717, 1.165) is 36.8 Å². The fraction of sp³-hybridized carbons (Fsp3) is 0.583. The van der Waals surface area contributed by atoms with E-state index in [1.807, 2.05) is 13.0 Å². The molecule has 1 heterocycles. The Kier molecular flexibility index (Phi) is 3.64. The highest BCUT2D eigenvalue weighted by molar-refractivity contribution is 5.79. The molecule has 3 N–H and O–H groups in total. The van der Waals surface area contributed by atoms with Gasteiger partial charge in [-0.25, -0.2) is 9.97 Å². The molecule has 2 rings (SSSR count). The maximum absolute atomic E-state index is 10.9. The standard InChI is InChI=1S/C12H19N5O/c1-3-14-10-6-11(17(2)7-9(13)18)16-12(15-10)8-4-5-8/h6,8H,3-5,7H2,1-2H3,(H2,13,18)(H,14,15,16). The van der Waals surface area contributed by atoms with Crippen LogP contribution in [-0.2, 0) is 4.79 Å².